The van der Waals surface area contributed by atoms with Gasteiger partial charge in [0.05, 0.1) is 10.1 Å². The molecule has 4 aromatic rings. The zero-order chi connectivity index (χ0) is 19.6. The van der Waals surface area contributed by atoms with E-state index in [2.05, 4.69) is 40.1 Å². The number of hydrogen-bond donors (Lipinski definition) is 0. The van der Waals surface area contributed by atoms with E-state index in [0.717, 1.165) is 68.0 Å². The third-order valence-corrected chi connectivity index (χ3v) is 7.44. The highest BCUT2D eigenvalue weighted by molar-refractivity contribution is 7.17. The molecule has 1 aliphatic rings. The summed E-state index contributed by atoms with van der Waals surface area (Å²) >= 11 is 3.22. The van der Waals surface area contributed by atoms with Crippen LogP contribution in [0.25, 0.3) is 20.2 Å². The van der Waals surface area contributed by atoms with Crippen molar-refractivity contribution in [3.8, 4) is 0 Å². The van der Waals surface area contributed by atoms with Gasteiger partial charge in [0.1, 0.15) is 5.82 Å². The minimum absolute atomic E-state index is 0.146. The molecule has 3 aromatic heterocycles. The Bertz CT molecular complexity index is 1170. The molecule has 29 heavy (non-hydrogen) atoms. The number of nitrogens with zero attached hydrogens (tertiary/aromatic N) is 4. The van der Waals surface area contributed by atoms with Crippen molar-refractivity contribution in [1.29, 1.82) is 0 Å². The molecule has 0 N–H and O–H groups in total. The van der Waals surface area contributed by atoms with Gasteiger partial charge in [-0.25, -0.2) is 0 Å². The maximum atomic E-state index is 12.5. The van der Waals surface area contributed by atoms with Gasteiger partial charge < -0.3 is 9.47 Å². The van der Waals surface area contributed by atoms with E-state index in [4.69, 9.17) is 4.37 Å². The van der Waals surface area contributed by atoms with Gasteiger partial charge in [0.25, 0.3) is 5.56 Å². The Labute approximate surface area is 178 Å². The highest BCUT2D eigenvalue weighted by Crippen LogP contribution is 2.29. The predicted molar refractivity (Wildman–Crippen MR) is 124 cm³/mol. The Morgan fingerprint density at radius 3 is 2.62 bits per heavy atom. The summed E-state index contributed by atoms with van der Waals surface area (Å²) in [5.74, 6) is 1.15. The van der Waals surface area contributed by atoms with Crippen LogP contribution >= 0.6 is 22.9 Å². The van der Waals surface area contributed by atoms with Gasteiger partial charge in [0, 0.05) is 49.0 Å². The predicted octanol–water partition coefficient (Wildman–Crippen LogP) is 4.28. The van der Waals surface area contributed by atoms with Crippen LogP contribution in [0.4, 0.5) is 5.82 Å². The topological polar surface area (TPSA) is 41.4 Å². The SMILES string of the molecule is O=c1c2ccsc2ccn1CCCCN1CCN(c2nsc3ccccc23)CC1. The maximum absolute atomic E-state index is 12.5. The summed E-state index contributed by atoms with van der Waals surface area (Å²) < 4.78 is 8.90. The second kappa shape index (κ2) is 8.26. The van der Waals surface area contributed by atoms with Gasteiger partial charge >= 0.3 is 0 Å². The van der Waals surface area contributed by atoms with Crippen LogP contribution in [0, 0.1) is 0 Å². The summed E-state index contributed by atoms with van der Waals surface area (Å²) in [5, 5.41) is 4.12. The van der Waals surface area contributed by atoms with Crippen molar-refractivity contribution in [2.75, 3.05) is 37.6 Å². The van der Waals surface area contributed by atoms with Crippen LogP contribution in [-0.4, -0.2) is 46.6 Å². The molecular weight excluding hydrogens is 400 g/mol. The first-order valence-electron chi connectivity index (χ1n) is 10.2. The molecule has 1 saturated heterocycles. The van der Waals surface area contributed by atoms with Crippen LogP contribution in [0.5, 0.6) is 0 Å². The van der Waals surface area contributed by atoms with E-state index in [-0.39, 0.29) is 5.56 Å². The van der Waals surface area contributed by atoms with Crippen LogP contribution in [-0.2, 0) is 6.54 Å². The summed E-state index contributed by atoms with van der Waals surface area (Å²) in [6.07, 6.45) is 4.10. The Morgan fingerprint density at radius 1 is 0.897 bits per heavy atom. The van der Waals surface area contributed by atoms with Crippen LogP contribution in [0.2, 0.25) is 0 Å². The van der Waals surface area contributed by atoms with Crippen molar-refractivity contribution >= 4 is 48.9 Å². The lowest BCUT2D eigenvalue weighted by molar-refractivity contribution is 0.251. The molecule has 5 nitrogen and oxygen atoms in total. The molecule has 0 aliphatic carbocycles. The average Bonchev–Trinajstić information content (AvgIpc) is 3.41. The van der Waals surface area contributed by atoms with E-state index in [0.29, 0.717) is 0 Å². The number of aryl methyl sites for hydroxylation is 1. The zero-order valence-corrected chi connectivity index (χ0v) is 17.9. The van der Waals surface area contributed by atoms with E-state index >= 15 is 0 Å². The molecule has 0 bridgehead atoms. The van der Waals surface area contributed by atoms with Crippen molar-refractivity contribution in [1.82, 2.24) is 13.8 Å². The molecule has 1 aromatic carbocycles. The molecule has 5 rings (SSSR count). The van der Waals surface area contributed by atoms with Crippen molar-refractivity contribution in [3.63, 3.8) is 0 Å². The highest BCUT2D eigenvalue weighted by atomic mass is 32.1. The maximum Gasteiger partial charge on any atom is 0.259 e. The number of piperazine rings is 1. The Morgan fingerprint density at radius 2 is 1.72 bits per heavy atom. The van der Waals surface area contributed by atoms with Crippen molar-refractivity contribution in [2.24, 2.45) is 0 Å². The van der Waals surface area contributed by atoms with E-state index in [9.17, 15) is 4.79 Å². The van der Waals surface area contributed by atoms with E-state index in [1.807, 2.05) is 22.2 Å². The number of hydrogen-bond acceptors (Lipinski definition) is 6. The number of aromatic nitrogens is 2. The third kappa shape index (κ3) is 3.82. The lowest BCUT2D eigenvalue weighted by Crippen LogP contribution is -2.46. The first-order valence-corrected chi connectivity index (χ1v) is 11.8. The van der Waals surface area contributed by atoms with Crippen LogP contribution in [0.3, 0.4) is 0 Å². The lowest BCUT2D eigenvalue weighted by atomic mass is 10.2. The van der Waals surface area contributed by atoms with Crippen molar-refractivity contribution < 1.29 is 0 Å². The second-order valence-corrected chi connectivity index (χ2v) is 9.30. The standard InChI is InChI=1S/C22H24N4OS2/c27-22-18-8-16-28-19(18)7-11-26(22)10-4-3-9-24-12-14-25(15-13-24)21-17-5-1-2-6-20(17)29-23-21/h1-2,5-8,11,16H,3-4,9-10,12-15H2. The van der Waals surface area contributed by atoms with Gasteiger partial charge in [0.15, 0.2) is 0 Å². The fraction of sp³-hybridized carbons (Fsp3) is 0.364. The number of pyridine rings is 1. The lowest BCUT2D eigenvalue weighted by Gasteiger charge is -2.35. The molecule has 0 radical (unpaired) electrons. The van der Waals surface area contributed by atoms with Crippen LogP contribution in [0.15, 0.2) is 52.8 Å². The fourth-order valence-corrected chi connectivity index (χ4v) is 5.65. The minimum Gasteiger partial charge on any atom is -0.353 e. The molecular formula is C22H24N4OS2. The summed E-state index contributed by atoms with van der Waals surface area (Å²) in [4.78, 5) is 17.4. The van der Waals surface area contributed by atoms with Crippen molar-refractivity contribution in [2.45, 2.75) is 19.4 Å². The van der Waals surface area contributed by atoms with E-state index < -0.39 is 0 Å². The first-order chi connectivity index (χ1) is 14.3. The number of thiophene rings is 1. The normalized spacial score (nSPS) is 15.5. The number of benzene rings is 1. The molecule has 1 fully saturated rings. The molecule has 0 atom stereocenters. The summed E-state index contributed by atoms with van der Waals surface area (Å²) in [5.41, 5.74) is 0.146. The molecule has 0 spiro atoms. The Kier molecular flexibility index (Phi) is 5.35. The first kappa shape index (κ1) is 18.8. The third-order valence-electron chi connectivity index (χ3n) is 5.75. The second-order valence-electron chi connectivity index (χ2n) is 7.55. The smallest absolute Gasteiger partial charge is 0.259 e. The van der Waals surface area contributed by atoms with Gasteiger partial charge in [-0.3, -0.25) is 9.69 Å². The summed E-state index contributed by atoms with van der Waals surface area (Å²) in [7, 11) is 0. The van der Waals surface area contributed by atoms with Crippen molar-refractivity contribution in [3.05, 3.63) is 58.3 Å². The number of fused-ring (bicyclic) bond motifs is 2. The largest absolute Gasteiger partial charge is 0.353 e. The zero-order valence-electron chi connectivity index (χ0n) is 16.3. The Balaban J connectivity index is 1.11. The van der Waals surface area contributed by atoms with Gasteiger partial charge in [-0.05, 0) is 60.6 Å². The van der Waals surface area contributed by atoms with Gasteiger partial charge in [-0.1, -0.05) is 12.1 Å². The van der Waals surface area contributed by atoms with Gasteiger partial charge in [0.2, 0.25) is 0 Å². The molecule has 0 amide bonds. The quantitative estimate of drug-likeness (QED) is 0.433. The molecule has 1 aliphatic heterocycles. The molecule has 0 unspecified atom stereocenters. The molecule has 0 saturated carbocycles. The average molecular weight is 425 g/mol. The molecule has 4 heterocycles. The van der Waals surface area contributed by atoms with E-state index in [1.54, 1.807) is 22.9 Å². The minimum atomic E-state index is 0.146. The highest BCUT2D eigenvalue weighted by Gasteiger charge is 2.20. The molecule has 7 heteroatoms. The van der Waals surface area contributed by atoms with Crippen LogP contribution in [0.1, 0.15) is 12.8 Å². The van der Waals surface area contributed by atoms with Gasteiger partial charge in [-0.15, -0.1) is 11.3 Å². The number of unbranched alkanes of at least 4 members (excludes halogenated alkanes) is 1. The monoisotopic (exact) mass is 424 g/mol. The Hall–Kier alpha value is -2.22. The summed E-state index contributed by atoms with van der Waals surface area (Å²) in [6, 6.07) is 12.5. The summed E-state index contributed by atoms with van der Waals surface area (Å²) in [6.45, 7) is 6.11. The number of anilines is 1. The van der Waals surface area contributed by atoms with Crippen LogP contribution < -0.4 is 10.5 Å². The fourth-order valence-electron chi connectivity index (χ4n) is 4.08. The van der Waals surface area contributed by atoms with Gasteiger partial charge in [-0.2, -0.15) is 4.37 Å². The molecule has 150 valence electrons. The number of rotatable bonds is 6. The van der Waals surface area contributed by atoms with E-state index in [1.165, 1.54) is 10.1 Å².